The van der Waals surface area contributed by atoms with E-state index >= 15 is 0 Å². The summed E-state index contributed by atoms with van der Waals surface area (Å²) in [6, 6.07) is 16.4. The van der Waals surface area contributed by atoms with Gasteiger partial charge >= 0.3 is 0 Å². The predicted molar refractivity (Wildman–Crippen MR) is 100.0 cm³/mol. The molecule has 2 heterocycles. The normalized spacial score (nSPS) is 14.3. The molecule has 4 rings (SSSR count). The molecule has 0 atom stereocenters. The summed E-state index contributed by atoms with van der Waals surface area (Å²) in [5.74, 6) is 1.61. The first kappa shape index (κ1) is 16.1. The summed E-state index contributed by atoms with van der Waals surface area (Å²) in [7, 11) is 1.66. The number of hydrogen-bond donors (Lipinski definition) is 1. The number of hydrogen-bond acceptors (Lipinski definition) is 4. The zero-order valence-corrected chi connectivity index (χ0v) is 14.9. The molecule has 3 aromatic rings. The van der Waals surface area contributed by atoms with Gasteiger partial charge in [0, 0.05) is 18.7 Å². The van der Waals surface area contributed by atoms with E-state index in [1.165, 1.54) is 11.1 Å². The molecule has 0 bridgehead atoms. The van der Waals surface area contributed by atoms with Crippen LogP contribution in [0.15, 0.2) is 48.5 Å². The summed E-state index contributed by atoms with van der Waals surface area (Å²) < 4.78 is 7.71. The van der Waals surface area contributed by atoms with Crippen molar-refractivity contribution in [2.45, 2.75) is 19.6 Å². The lowest BCUT2D eigenvalue weighted by atomic mass is 10.0. The number of nitrogens with zero attached hydrogens (tertiary/aromatic N) is 3. The third-order valence-corrected chi connectivity index (χ3v) is 4.91. The fraction of sp³-hybridized carbons (Fsp3) is 0.263. The highest BCUT2D eigenvalue weighted by Crippen LogP contribution is 2.21. The van der Waals surface area contributed by atoms with E-state index in [-0.39, 0.29) is 0 Å². The van der Waals surface area contributed by atoms with Crippen molar-refractivity contribution < 1.29 is 4.74 Å². The van der Waals surface area contributed by atoms with Crippen LogP contribution >= 0.6 is 12.2 Å². The molecule has 1 aromatic heterocycles. The van der Waals surface area contributed by atoms with Crippen molar-refractivity contribution >= 4 is 12.2 Å². The van der Waals surface area contributed by atoms with Crippen LogP contribution in [0.25, 0.3) is 11.4 Å². The van der Waals surface area contributed by atoms with Crippen LogP contribution < -0.4 is 4.74 Å². The van der Waals surface area contributed by atoms with Crippen LogP contribution in [0.2, 0.25) is 0 Å². The van der Waals surface area contributed by atoms with E-state index in [2.05, 4.69) is 39.2 Å². The third-order valence-electron chi connectivity index (χ3n) is 4.59. The zero-order valence-electron chi connectivity index (χ0n) is 14.1. The summed E-state index contributed by atoms with van der Waals surface area (Å²) in [5, 5.41) is 3.33. The zero-order chi connectivity index (χ0) is 17.2. The maximum Gasteiger partial charge on any atom is 0.217 e. The molecule has 128 valence electrons. The third kappa shape index (κ3) is 3.36. The first-order valence-corrected chi connectivity index (χ1v) is 8.74. The molecule has 2 aromatic carbocycles. The van der Waals surface area contributed by atoms with Crippen LogP contribution in [0.1, 0.15) is 11.1 Å². The van der Waals surface area contributed by atoms with Crippen molar-refractivity contribution in [2.75, 3.05) is 13.7 Å². The Bertz CT molecular complexity index is 929. The molecule has 0 unspecified atom stereocenters. The Balaban J connectivity index is 1.52. The van der Waals surface area contributed by atoms with Crippen LogP contribution in [-0.2, 0) is 19.6 Å². The van der Waals surface area contributed by atoms with Gasteiger partial charge < -0.3 is 4.74 Å². The fourth-order valence-corrected chi connectivity index (χ4v) is 3.40. The lowest BCUT2D eigenvalue weighted by Crippen LogP contribution is -2.32. The predicted octanol–water partition coefficient (Wildman–Crippen LogP) is 3.63. The average Bonchev–Trinajstić information content (AvgIpc) is 3.02. The second-order valence-corrected chi connectivity index (χ2v) is 6.59. The average molecular weight is 352 g/mol. The van der Waals surface area contributed by atoms with Gasteiger partial charge in [-0.15, -0.1) is 0 Å². The molecule has 6 heteroatoms. The Morgan fingerprint density at radius 1 is 1.12 bits per heavy atom. The molecule has 0 amide bonds. The number of fused-ring (bicyclic) bond motifs is 1. The van der Waals surface area contributed by atoms with Crippen LogP contribution in [0, 0.1) is 4.77 Å². The highest BCUT2D eigenvalue weighted by Gasteiger charge is 2.16. The van der Waals surface area contributed by atoms with Gasteiger partial charge in [-0.1, -0.05) is 24.3 Å². The van der Waals surface area contributed by atoms with Gasteiger partial charge in [0.25, 0.3) is 0 Å². The van der Waals surface area contributed by atoms with Gasteiger partial charge in [0.15, 0.2) is 5.82 Å². The number of methoxy groups -OCH3 is 1. The molecule has 1 aliphatic rings. The first-order valence-electron chi connectivity index (χ1n) is 8.33. The maximum absolute atomic E-state index is 5.44. The summed E-state index contributed by atoms with van der Waals surface area (Å²) in [5.41, 5.74) is 3.84. The van der Waals surface area contributed by atoms with Gasteiger partial charge in [0.2, 0.25) is 4.77 Å². The molecule has 0 saturated carbocycles. The molecular weight excluding hydrogens is 332 g/mol. The molecule has 1 N–H and O–H groups in total. The fourth-order valence-electron chi connectivity index (χ4n) is 3.21. The van der Waals surface area contributed by atoms with Gasteiger partial charge in [-0.05, 0) is 54.0 Å². The monoisotopic (exact) mass is 352 g/mol. The van der Waals surface area contributed by atoms with Gasteiger partial charge in [0.1, 0.15) is 5.75 Å². The molecule has 0 aliphatic carbocycles. The number of aromatic nitrogens is 3. The highest BCUT2D eigenvalue weighted by molar-refractivity contribution is 7.71. The van der Waals surface area contributed by atoms with Crippen molar-refractivity contribution in [1.82, 2.24) is 19.7 Å². The van der Waals surface area contributed by atoms with Crippen LogP contribution in [-0.4, -0.2) is 33.3 Å². The van der Waals surface area contributed by atoms with Crippen LogP contribution in [0.3, 0.4) is 0 Å². The van der Waals surface area contributed by atoms with Gasteiger partial charge in [0.05, 0.1) is 13.8 Å². The largest absolute Gasteiger partial charge is 0.497 e. The van der Waals surface area contributed by atoms with Crippen molar-refractivity contribution in [3.63, 3.8) is 0 Å². The van der Waals surface area contributed by atoms with Crippen molar-refractivity contribution in [3.8, 4) is 17.1 Å². The molecule has 5 nitrogen and oxygen atoms in total. The van der Waals surface area contributed by atoms with Crippen molar-refractivity contribution in [2.24, 2.45) is 0 Å². The number of H-pyrrole nitrogens is 1. The number of nitrogens with one attached hydrogen (secondary N) is 1. The van der Waals surface area contributed by atoms with Gasteiger partial charge in [-0.3, -0.25) is 10.00 Å². The number of benzene rings is 2. The Kier molecular flexibility index (Phi) is 4.38. The lowest BCUT2D eigenvalue weighted by molar-refractivity contribution is 0.188. The second kappa shape index (κ2) is 6.82. The van der Waals surface area contributed by atoms with E-state index in [4.69, 9.17) is 17.0 Å². The summed E-state index contributed by atoms with van der Waals surface area (Å²) >= 11 is 5.44. The second-order valence-electron chi connectivity index (χ2n) is 6.22. The minimum absolute atomic E-state index is 0.574. The van der Waals surface area contributed by atoms with E-state index in [1.54, 1.807) is 7.11 Å². The Morgan fingerprint density at radius 2 is 1.88 bits per heavy atom. The summed E-state index contributed by atoms with van der Waals surface area (Å²) in [4.78, 5) is 6.88. The van der Waals surface area contributed by atoms with Crippen molar-refractivity contribution in [3.05, 3.63) is 64.4 Å². The Labute approximate surface area is 151 Å². The molecule has 0 spiro atoms. The van der Waals surface area contributed by atoms with Crippen LogP contribution in [0.5, 0.6) is 5.75 Å². The minimum atomic E-state index is 0.574. The minimum Gasteiger partial charge on any atom is -0.497 e. The van der Waals surface area contributed by atoms with Crippen molar-refractivity contribution in [1.29, 1.82) is 0 Å². The lowest BCUT2D eigenvalue weighted by Gasteiger charge is -2.28. The molecule has 0 radical (unpaired) electrons. The first-order chi connectivity index (χ1) is 12.2. The van der Waals surface area contributed by atoms with Crippen LogP contribution in [0.4, 0.5) is 0 Å². The standard InChI is InChI=1S/C19H20N4OS/c1-24-17-8-6-15(7-9-17)18-20-19(25)23(21-18)13-22-11-10-14-4-2-3-5-16(14)12-22/h2-9H,10-13H2,1H3,(H,20,21,25). The number of aromatic amines is 1. The molecule has 25 heavy (non-hydrogen) atoms. The quantitative estimate of drug-likeness (QED) is 0.729. The Morgan fingerprint density at radius 3 is 2.64 bits per heavy atom. The summed E-state index contributed by atoms with van der Waals surface area (Å²) in [6.45, 7) is 2.68. The van der Waals surface area contributed by atoms with E-state index in [0.29, 0.717) is 4.77 Å². The SMILES string of the molecule is COc1ccc(-c2nc(=S)n(CN3CCc4ccccc4C3)[nH]2)cc1. The molecule has 0 fully saturated rings. The molecular formula is C19H20N4OS. The van der Waals surface area contributed by atoms with E-state index in [1.807, 2.05) is 28.9 Å². The molecule has 1 aliphatic heterocycles. The highest BCUT2D eigenvalue weighted by atomic mass is 32.1. The van der Waals surface area contributed by atoms with Gasteiger partial charge in [-0.2, -0.15) is 4.98 Å². The van der Waals surface area contributed by atoms with Gasteiger partial charge in [-0.25, -0.2) is 4.68 Å². The summed E-state index contributed by atoms with van der Waals surface area (Å²) in [6.07, 6.45) is 1.07. The number of rotatable bonds is 4. The number of ether oxygens (including phenoxy) is 1. The smallest absolute Gasteiger partial charge is 0.217 e. The van der Waals surface area contributed by atoms with E-state index in [0.717, 1.165) is 43.3 Å². The Hall–Kier alpha value is -2.44. The molecule has 0 saturated heterocycles. The topological polar surface area (TPSA) is 46.1 Å². The maximum atomic E-state index is 5.44. The van der Waals surface area contributed by atoms with E-state index < -0.39 is 0 Å². The van der Waals surface area contributed by atoms with E-state index in [9.17, 15) is 0 Å².